The molecular weight excluding hydrogens is 218 g/mol. The molecule has 1 aromatic carbocycles. The average molecular weight is 233 g/mol. The van der Waals surface area contributed by atoms with Crippen LogP contribution in [0.15, 0.2) is 28.8 Å². The van der Waals surface area contributed by atoms with E-state index in [-0.39, 0.29) is 0 Å². The maximum Gasteiger partial charge on any atom is 0.170 e. The van der Waals surface area contributed by atoms with Crippen LogP contribution in [0.1, 0.15) is 12.7 Å². The molecule has 0 unspecified atom stereocenters. The van der Waals surface area contributed by atoms with E-state index in [0.29, 0.717) is 11.5 Å². The van der Waals surface area contributed by atoms with E-state index < -0.39 is 0 Å². The van der Waals surface area contributed by atoms with E-state index in [9.17, 15) is 0 Å². The quantitative estimate of drug-likeness (QED) is 0.814. The first-order valence-corrected chi connectivity index (χ1v) is 5.47. The lowest BCUT2D eigenvalue weighted by molar-refractivity contribution is 0.355. The third-order valence-corrected chi connectivity index (χ3v) is 2.59. The number of aryl methyl sites for hydroxylation is 1. The summed E-state index contributed by atoms with van der Waals surface area (Å²) in [5, 5.41) is 4.03. The molecule has 0 radical (unpaired) electrons. The number of nitrogens with zero attached hydrogens (tertiary/aromatic N) is 1. The molecule has 0 aliphatic rings. The van der Waals surface area contributed by atoms with E-state index in [2.05, 4.69) is 5.16 Å². The summed E-state index contributed by atoms with van der Waals surface area (Å²) in [4.78, 5) is 0. The highest BCUT2D eigenvalue weighted by molar-refractivity contribution is 5.71. The number of hydrogen-bond donors (Lipinski definition) is 0. The van der Waals surface area contributed by atoms with E-state index >= 15 is 0 Å². The van der Waals surface area contributed by atoms with Crippen LogP contribution >= 0.6 is 0 Å². The standard InChI is InChI=1S/C13H15NO3/c1-4-9-8-11(14-17-9)10-6-5-7-12(15-2)13(10)16-3/h5-8H,4H2,1-3H3. The van der Waals surface area contributed by atoms with Crippen molar-refractivity contribution in [3.05, 3.63) is 30.0 Å². The second kappa shape index (κ2) is 4.91. The van der Waals surface area contributed by atoms with Gasteiger partial charge in [-0.25, -0.2) is 0 Å². The van der Waals surface area contributed by atoms with Gasteiger partial charge in [0.1, 0.15) is 11.5 Å². The second-order valence-corrected chi connectivity index (χ2v) is 3.57. The minimum Gasteiger partial charge on any atom is -0.493 e. The Morgan fingerprint density at radius 1 is 1.24 bits per heavy atom. The topological polar surface area (TPSA) is 44.5 Å². The largest absolute Gasteiger partial charge is 0.493 e. The van der Waals surface area contributed by atoms with Crippen LogP contribution < -0.4 is 9.47 Å². The van der Waals surface area contributed by atoms with Crippen LogP contribution in [-0.4, -0.2) is 19.4 Å². The first kappa shape index (κ1) is 11.5. The van der Waals surface area contributed by atoms with Gasteiger partial charge in [-0.2, -0.15) is 0 Å². The van der Waals surface area contributed by atoms with Crippen LogP contribution in [0.3, 0.4) is 0 Å². The molecule has 90 valence electrons. The highest BCUT2D eigenvalue weighted by Gasteiger charge is 2.14. The van der Waals surface area contributed by atoms with E-state index in [0.717, 1.165) is 23.4 Å². The van der Waals surface area contributed by atoms with Gasteiger partial charge in [-0.05, 0) is 12.1 Å². The Morgan fingerprint density at radius 2 is 2.06 bits per heavy atom. The van der Waals surface area contributed by atoms with Crippen molar-refractivity contribution >= 4 is 0 Å². The lowest BCUT2D eigenvalue weighted by Gasteiger charge is -2.10. The zero-order valence-electron chi connectivity index (χ0n) is 10.2. The number of benzene rings is 1. The fraction of sp³-hybridized carbons (Fsp3) is 0.308. The summed E-state index contributed by atoms with van der Waals surface area (Å²) in [6.07, 6.45) is 0.819. The van der Waals surface area contributed by atoms with Gasteiger partial charge in [-0.3, -0.25) is 0 Å². The van der Waals surface area contributed by atoms with Crippen LogP contribution in [0.25, 0.3) is 11.3 Å². The molecule has 0 atom stereocenters. The molecule has 0 spiro atoms. The summed E-state index contributed by atoms with van der Waals surface area (Å²) >= 11 is 0. The van der Waals surface area contributed by atoms with Crippen LogP contribution in [0, 0.1) is 0 Å². The van der Waals surface area contributed by atoms with Gasteiger partial charge in [0.15, 0.2) is 11.5 Å². The van der Waals surface area contributed by atoms with Crippen molar-refractivity contribution in [1.82, 2.24) is 5.16 Å². The Labute approximate surface area is 100 Å². The minimum atomic E-state index is 0.672. The van der Waals surface area contributed by atoms with Gasteiger partial charge < -0.3 is 14.0 Å². The second-order valence-electron chi connectivity index (χ2n) is 3.57. The Balaban J connectivity index is 2.50. The maximum absolute atomic E-state index is 5.36. The summed E-state index contributed by atoms with van der Waals surface area (Å²) in [5.41, 5.74) is 1.63. The van der Waals surface area contributed by atoms with Gasteiger partial charge in [0, 0.05) is 18.1 Å². The molecular formula is C13H15NO3. The Kier molecular flexibility index (Phi) is 3.32. The fourth-order valence-electron chi connectivity index (χ4n) is 1.70. The SMILES string of the molecule is CCc1cc(-c2cccc(OC)c2OC)no1. The van der Waals surface area contributed by atoms with Crippen LogP contribution in [0.4, 0.5) is 0 Å². The molecule has 4 nitrogen and oxygen atoms in total. The number of rotatable bonds is 4. The third kappa shape index (κ3) is 2.11. The molecule has 0 saturated carbocycles. The molecule has 0 fully saturated rings. The molecule has 0 amide bonds. The normalized spacial score (nSPS) is 10.3. The molecule has 4 heteroatoms. The van der Waals surface area contributed by atoms with E-state index in [1.54, 1.807) is 14.2 Å². The number of aromatic nitrogens is 1. The summed E-state index contributed by atoms with van der Waals surface area (Å²) in [6.45, 7) is 2.02. The van der Waals surface area contributed by atoms with Gasteiger partial charge in [0.05, 0.1) is 14.2 Å². The molecule has 0 bridgehead atoms. The summed E-state index contributed by atoms with van der Waals surface area (Å²) in [7, 11) is 3.23. The Hall–Kier alpha value is -1.97. The number of methoxy groups -OCH3 is 2. The highest BCUT2D eigenvalue weighted by Crippen LogP contribution is 2.37. The zero-order valence-corrected chi connectivity index (χ0v) is 10.2. The predicted molar refractivity (Wildman–Crippen MR) is 64.4 cm³/mol. The molecule has 0 aliphatic heterocycles. The van der Waals surface area contributed by atoms with Crippen molar-refractivity contribution in [3.8, 4) is 22.8 Å². The maximum atomic E-state index is 5.36. The lowest BCUT2D eigenvalue weighted by Crippen LogP contribution is -1.93. The summed E-state index contributed by atoms with van der Waals surface area (Å²) in [5.74, 6) is 2.21. The monoisotopic (exact) mass is 233 g/mol. The smallest absolute Gasteiger partial charge is 0.170 e. The van der Waals surface area contributed by atoms with Gasteiger partial charge >= 0.3 is 0 Å². The van der Waals surface area contributed by atoms with Gasteiger partial charge in [0.2, 0.25) is 0 Å². The van der Waals surface area contributed by atoms with E-state index in [1.807, 2.05) is 31.2 Å². The molecule has 2 aromatic rings. The van der Waals surface area contributed by atoms with E-state index in [1.165, 1.54) is 0 Å². The first-order valence-electron chi connectivity index (χ1n) is 5.47. The average Bonchev–Trinajstić information content (AvgIpc) is 2.86. The van der Waals surface area contributed by atoms with Crippen LogP contribution in [0.2, 0.25) is 0 Å². The van der Waals surface area contributed by atoms with Crippen molar-refractivity contribution in [2.24, 2.45) is 0 Å². The summed E-state index contributed by atoms with van der Waals surface area (Å²) in [6, 6.07) is 7.59. The minimum absolute atomic E-state index is 0.672. The van der Waals surface area contributed by atoms with Crippen molar-refractivity contribution in [3.63, 3.8) is 0 Å². The first-order chi connectivity index (χ1) is 8.30. The highest BCUT2D eigenvalue weighted by atomic mass is 16.5. The third-order valence-electron chi connectivity index (χ3n) is 2.59. The van der Waals surface area contributed by atoms with E-state index in [4.69, 9.17) is 14.0 Å². The van der Waals surface area contributed by atoms with Crippen LogP contribution in [0.5, 0.6) is 11.5 Å². The van der Waals surface area contributed by atoms with Crippen molar-refractivity contribution in [2.45, 2.75) is 13.3 Å². The van der Waals surface area contributed by atoms with Crippen molar-refractivity contribution < 1.29 is 14.0 Å². The fourth-order valence-corrected chi connectivity index (χ4v) is 1.70. The number of hydrogen-bond acceptors (Lipinski definition) is 4. The number of para-hydroxylation sites is 1. The van der Waals surface area contributed by atoms with Crippen LogP contribution in [-0.2, 0) is 6.42 Å². The predicted octanol–water partition coefficient (Wildman–Crippen LogP) is 2.92. The Bertz CT molecular complexity index is 505. The molecule has 2 rings (SSSR count). The Morgan fingerprint density at radius 3 is 2.65 bits per heavy atom. The van der Waals surface area contributed by atoms with Gasteiger partial charge in [0.25, 0.3) is 0 Å². The van der Waals surface area contributed by atoms with Crippen molar-refractivity contribution in [1.29, 1.82) is 0 Å². The molecule has 1 aromatic heterocycles. The zero-order chi connectivity index (χ0) is 12.3. The molecule has 0 saturated heterocycles. The lowest BCUT2D eigenvalue weighted by atomic mass is 10.1. The molecule has 0 aliphatic carbocycles. The number of ether oxygens (including phenoxy) is 2. The summed E-state index contributed by atoms with van der Waals surface area (Å²) < 4.78 is 15.8. The molecule has 17 heavy (non-hydrogen) atoms. The molecule has 1 heterocycles. The molecule has 0 N–H and O–H groups in total. The van der Waals surface area contributed by atoms with Gasteiger partial charge in [-0.1, -0.05) is 18.1 Å². The van der Waals surface area contributed by atoms with Crippen molar-refractivity contribution in [2.75, 3.05) is 14.2 Å². The van der Waals surface area contributed by atoms with Gasteiger partial charge in [-0.15, -0.1) is 0 Å².